The quantitative estimate of drug-likeness (QED) is 0.288. The molecule has 0 radical (unpaired) electrons. The Hall–Kier alpha value is -3.64. The lowest BCUT2D eigenvalue weighted by atomic mass is 9.67. The van der Waals surface area contributed by atoms with Gasteiger partial charge in [-0.2, -0.15) is 0 Å². The minimum Gasteiger partial charge on any atom is -0.0985 e. The molecule has 5 rings (SSSR count). The van der Waals surface area contributed by atoms with Crippen molar-refractivity contribution in [1.82, 2.24) is 0 Å². The van der Waals surface area contributed by atoms with Gasteiger partial charge in [0.2, 0.25) is 0 Å². The molecule has 4 aromatic rings. The van der Waals surface area contributed by atoms with Crippen molar-refractivity contribution >= 4 is 12.2 Å². The molecule has 0 spiro atoms. The maximum absolute atomic E-state index is 3.94. The number of rotatable bonds is 4. The van der Waals surface area contributed by atoms with Crippen LogP contribution >= 0.6 is 0 Å². The van der Waals surface area contributed by atoms with Gasteiger partial charge in [-0.3, -0.25) is 0 Å². The van der Waals surface area contributed by atoms with Crippen LogP contribution < -0.4 is 0 Å². The van der Waals surface area contributed by atoms with E-state index in [1.807, 2.05) is 12.2 Å². The second kappa shape index (κ2) is 7.25. The number of aryl methyl sites for hydroxylation is 2. The standard InChI is InChI=1S/C31H26/c1-5-23-9-13-25(14-10-23)31(26-15-11-24(6-2)12-16-26)29-19-21(3)7-17-27(29)28-18-8-22(4)20-30(28)31/h5-20H,1-2H2,3-4H3. The molecule has 0 fully saturated rings. The number of hydrogen-bond donors (Lipinski definition) is 0. The monoisotopic (exact) mass is 398 g/mol. The van der Waals surface area contributed by atoms with Crippen LogP contribution in [-0.4, -0.2) is 0 Å². The molecule has 0 N–H and O–H groups in total. The topological polar surface area (TPSA) is 0 Å². The molecule has 0 aromatic heterocycles. The zero-order chi connectivity index (χ0) is 21.6. The molecular weight excluding hydrogens is 372 g/mol. The Morgan fingerprint density at radius 3 is 1.29 bits per heavy atom. The molecule has 0 saturated heterocycles. The van der Waals surface area contributed by atoms with Crippen molar-refractivity contribution in [2.24, 2.45) is 0 Å². The summed E-state index contributed by atoms with van der Waals surface area (Å²) >= 11 is 0. The van der Waals surface area contributed by atoms with E-state index in [2.05, 4.69) is 112 Å². The van der Waals surface area contributed by atoms with Crippen molar-refractivity contribution < 1.29 is 0 Å². The Bertz CT molecular complexity index is 1200. The van der Waals surface area contributed by atoms with Gasteiger partial charge < -0.3 is 0 Å². The SMILES string of the molecule is C=Cc1ccc(C2(c3ccc(C=C)cc3)c3cc(C)ccc3-c3ccc(C)cc32)cc1. The summed E-state index contributed by atoms with van der Waals surface area (Å²) in [6.07, 6.45) is 3.81. The van der Waals surface area contributed by atoms with E-state index in [4.69, 9.17) is 0 Å². The predicted octanol–water partition coefficient (Wildman–Crippen LogP) is 7.95. The van der Waals surface area contributed by atoms with Crippen LogP contribution in [0.25, 0.3) is 23.3 Å². The minimum absolute atomic E-state index is 0.359. The van der Waals surface area contributed by atoms with Gasteiger partial charge in [0.1, 0.15) is 0 Å². The fraction of sp³-hybridized carbons (Fsp3) is 0.0968. The highest BCUT2D eigenvalue weighted by Gasteiger charge is 2.46. The van der Waals surface area contributed by atoms with E-state index in [0.717, 1.165) is 11.1 Å². The highest BCUT2D eigenvalue weighted by Crippen LogP contribution is 2.56. The van der Waals surface area contributed by atoms with Gasteiger partial charge in [-0.1, -0.05) is 121 Å². The molecule has 150 valence electrons. The van der Waals surface area contributed by atoms with E-state index in [1.54, 1.807) is 0 Å². The molecule has 1 aliphatic rings. The highest BCUT2D eigenvalue weighted by atomic mass is 14.5. The van der Waals surface area contributed by atoms with Crippen LogP contribution in [0.1, 0.15) is 44.5 Å². The minimum atomic E-state index is -0.359. The van der Waals surface area contributed by atoms with Crippen molar-refractivity contribution in [1.29, 1.82) is 0 Å². The molecular formula is C31H26. The summed E-state index contributed by atoms with van der Waals surface area (Å²) in [6.45, 7) is 12.2. The summed E-state index contributed by atoms with van der Waals surface area (Å²) in [7, 11) is 0. The number of fused-ring (bicyclic) bond motifs is 3. The summed E-state index contributed by atoms with van der Waals surface area (Å²) in [5.41, 5.74) is 12.4. The van der Waals surface area contributed by atoms with E-state index >= 15 is 0 Å². The van der Waals surface area contributed by atoms with Crippen molar-refractivity contribution in [2.45, 2.75) is 19.3 Å². The first-order valence-corrected chi connectivity index (χ1v) is 10.8. The van der Waals surface area contributed by atoms with Gasteiger partial charge in [-0.15, -0.1) is 0 Å². The summed E-state index contributed by atoms with van der Waals surface area (Å²) in [5, 5.41) is 0. The molecule has 1 aliphatic carbocycles. The molecule has 4 aromatic carbocycles. The molecule has 0 bridgehead atoms. The first-order chi connectivity index (χ1) is 15.1. The van der Waals surface area contributed by atoms with E-state index in [1.165, 1.54) is 44.5 Å². The fourth-order valence-electron chi connectivity index (χ4n) is 5.08. The maximum Gasteiger partial charge on any atom is 0.0713 e. The lowest BCUT2D eigenvalue weighted by Gasteiger charge is -2.34. The molecule has 31 heavy (non-hydrogen) atoms. The molecule has 0 atom stereocenters. The Labute approximate surface area is 185 Å². The second-order valence-electron chi connectivity index (χ2n) is 8.50. The van der Waals surface area contributed by atoms with Crippen LogP contribution in [0, 0.1) is 13.8 Å². The van der Waals surface area contributed by atoms with Gasteiger partial charge in [0.25, 0.3) is 0 Å². The molecule has 0 saturated carbocycles. The van der Waals surface area contributed by atoms with Gasteiger partial charge >= 0.3 is 0 Å². The van der Waals surface area contributed by atoms with Gasteiger partial charge in [0.15, 0.2) is 0 Å². The van der Waals surface area contributed by atoms with Crippen LogP contribution in [0.5, 0.6) is 0 Å². The molecule has 0 unspecified atom stereocenters. The average molecular weight is 399 g/mol. The summed E-state index contributed by atoms with van der Waals surface area (Å²) < 4.78 is 0. The van der Waals surface area contributed by atoms with E-state index < -0.39 is 0 Å². The lowest BCUT2D eigenvalue weighted by molar-refractivity contribution is 0.766. The Balaban J connectivity index is 1.94. The third-order valence-corrected chi connectivity index (χ3v) is 6.61. The van der Waals surface area contributed by atoms with Crippen LogP contribution in [0.15, 0.2) is 98.1 Å². The van der Waals surface area contributed by atoms with Crippen LogP contribution in [0.4, 0.5) is 0 Å². The second-order valence-corrected chi connectivity index (χ2v) is 8.50. The average Bonchev–Trinajstić information content (AvgIpc) is 3.08. The number of hydrogen-bond acceptors (Lipinski definition) is 0. The summed E-state index contributed by atoms with van der Waals surface area (Å²) in [6, 6.07) is 31.5. The van der Waals surface area contributed by atoms with Crippen molar-refractivity contribution in [3.05, 3.63) is 143 Å². The fourth-order valence-corrected chi connectivity index (χ4v) is 5.08. The molecule has 0 nitrogen and oxygen atoms in total. The molecule has 0 amide bonds. The van der Waals surface area contributed by atoms with Gasteiger partial charge in [0, 0.05) is 0 Å². The third kappa shape index (κ3) is 2.83. The largest absolute Gasteiger partial charge is 0.0985 e. The Morgan fingerprint density at radius 2 is 0.935 bits per heavy atom. The lowest BCUT2D eigenvalue weighted by Crippen LogP contribution is -2.28. The van der Waals surface area contributed by atoms with E-state index in [0.29, 0.717) is 0 Å². The Kier molecular flexibility index (Phi) is 4.52. The first kappa shape index (κ1) is 19.3. The normalized spacial score (nSPS) is 13.4. The summed E-state index contributed by atoms with van der Waals surface area (Å²) in [4.78, 5) is 0. The first-order valence-electron chi connectivity index (χ1n) is 10.8. The zero-order valence-corrected chi connectivity index (χ0v) is 18.2. The van der Waals surface area contributed by atoms with Crippen molar-refractivity contribution in [3.8, 4) is 11.1 Å². The molecule has 0 aliphatic heterocycles. The third-order valence-electron chi connectivity index (χ3n) is 6.61. The van der Waals surface area contributed by atoms with Gasteiger partial charge in [0.05, 0.1) is 5.41 Å². The van der Waals surface area contributed by atoms with Crippen LogP contribution in [-0.2, 0) is 5.41 Å². The van der Waals surface area contributed by atoms with Crippen LogP contribution in [0.2, 0.25) is 0 Å². The van der Waals surface area contributed by atoms with E-state index in [-0.39, 0.29) is 5.41 Å². The van der Waals surface area contributed by atoms with Gasteiger partial charge in [-0.05, 0) is 58.4 Å². The molecule has 0 heteroatoms. The van der Waals surface area contributed by atoms with E-state index in [9.17, 15) is 0 Å². The van der Waals surface area contributed by atoms with Crippen molar-refractivity contribution in [2.75, 3.05) is 0 Å². The van der Waals surface area contributed by atoms with Gasteiger partial charge in [-0.25, -0.2) is 0 Å². The van der Waals surface area contributed by atoms with Crippen LogP contribution in [0.3, 0.4) is 0 Å². The smallest absolute Gasteiger partial charge is 0.0713 e. The Morgan fingerprint density at radius 1 is 0.548 bits per heavy atom. The summed E-state index contributed by atoms with van der Waals surface area (Å²) in [5.74, 6) is 0. The molecule has 0 heterocycles. The predicted molar refractivity (Wildman–Crippen MR) is 133 cm³/mol. The zero-order valence-electron chi connectivity index (χ0n) is 18.2. The number of benzene rings is 4. The van der Waals surface area contributed by atoms with Crippen molar-refractivity contribution in [3.63, 3.8) is 0 Å². The highest BCUT2D eigenvalue weighted by molar-refractivity contribution is 5.87. The maximum atomic E-state index is 3.94.